The van der Waals surface area contributed by atoms with Crippen LogP contribution in [0, 0.1) is 6.92 Å². The quantitative estimate of drug-likeness (QED) is 0.737. The molecule has 1 amide bonds. The molecule has 0 aliphatic carbocycles. The number of fused-ring (bicyclic) bond motifs is 1. The fourth-order valence-corrected chi connectivity index (χ4v) is 2.18. The van der Waals surface area contributed by atoms with Crippen LogP contribution in [0.25, 0.3) is 5.78 Å². The molecule has 0 radical (unpaired) electrons. The molecule has 0 atom stereocenters. The summed E-state index contributed by atoms with van der Waals surface area (Å²) < 4.78 is 1.27. The Kier molecular flexibility index (Phi) is 3.65. The minimum atomic E-state index is -0.228. The van der Waals surface area contributed by atoms with E-state index in [1.54, 1.807) is 31.5 Å². The lowest BCUT2D eigenvalue weighted by Gasteiger charge is -2.06. The molecule has 0 aliphatic rings. The summed E-state index contributed by atoms with van der Waals surface area (Å²) in [4.78, 5) is 36.3. The van der Waals surface area contributed by atoms with Gasteiger partial charge >= 0.3 is 0 Å². The summed E-state index contributed by atoms with van der Waals surface area (Å²) in [6, 6.07) is 3.49. The number of carbonyl (C=O) groups is 1. The molecule has 0 aliphatic heterocycles. The third-order valence-corrected chi connectivity index (χ3v) is 3.28. The lowest BCUT2D eigenvalue weighted by Crippen LogP contribution is -2.23. The van der Waals surface area contributed by atoms with Gasteiger partial charge in [0.05, 0.1) is 17.6 Å². The first-order chi connectivity index (χ1) is 10.6. The first-order valence-corrected chi connectivity index (χ1v) is 6.76. The Balaban J connectivity index is 1.74. The van der Waals surface area contributed by atoms with E-state index in [0.717, 1.165) is 0 Å². The van der Waals surface area contributed by atoms with E-state index >= 15 is 0 Å². The van der Waals surface area contributed by atoms with E-state index < -0.39 is 0 Å². The zero-order valence-electron chi connectivity index (χ0n) is 11.9. The Morgan fingerprint density at radius 3 is 3.09 bits per heavy atom. The van der Waals surface area contributed by atoms with E-state index in [9.17, 15) is 9.59 Å². The number of H-pyrrole nitrogens is 1. The molecule has 0 spiro atoms. The van der Waals surface area contributed by atoms with Crippen molar-refractivity contribution in [1.29, 1.82) is 0 Å². The molecule has 3 aromatic heterocycles. The molecule has 22 heavy (non-hydrogen) atoms. The molecule has 8 nitrogen and oxygen atoms in total. The smallest absolute Gasteiger partial charge is 0.277 e. The monoisotopic (exact) mass is 298 g/mol. The third-order valence-electron chi connectivity index (χ3n) is 3.28. The zero-order chi connectivity index (χ0) is 15.5. The lowest BCUT2D eigenvalue weighted by molar-refractivity contribution is -0.116. The number of hydrogen-bond acceptors (Lipinski definition) is 5. The fourth-order valence-electron chi connectivity index (χ4n) is 2.18. The summed E-state index contributed by atoms with van der Waals surface area (Å²) >= 11 is 0. The van der Waals surface area contributed by atoms with Gasteiger partial charge in [0.2, 0.25) is 5.91 Å². The number of aromatic amines is 1. The SMILES string of the molecule is Cc1nc2nc[nH]n2c(=O)c1CCC(=O)Nc1cccnc1. The number of pyridine rings is 1. The molecule has 112 valence electrons. The summed E-state index contributed by atoms with van der Waals surface area (Å²) in [5, 5.41) is 5.44. The molecule has 8 heteroatoms. The second-order valence-electron chi connectivity index (χ2n) is 4.79. The van der Waals surface area contributed by atoms with Gasteiger partial charge in [0.1, 0.15) is 6.33 Å². The van der Waals surface area contributed by atoms with Crippen molar-refractivity contribution in [3.8, 4) is 0 Å². The van der Waals surface area contributed by atoms with Gasteiger partial charge in [-0.15, -0.1) is 0 Å². The minimum absolute atomic E-state index is 0.179. The Hall–Kier alpha value is -3.03. The van der Waals surface area contributed by atoms with Crippen LogP contribution < -0.4 is 10.9 Å². The number of nitrogens with zero attached hydrogens (tertiary/aromatic N) is 4. The van der Waals surface area contributed by atoms with Crippen molar-refractivity contribution in [3.05, 3.63) is 52.5 Å². The highest BCUT2D eigenvalue weighted by Gasteiger charge is 2.13. The van der Waals surface area contributed by atoms with Gasteiger partial charge in [-0.3, -0.25) is 19.7 Å². The molecule has 0 bridgehead atoms. The molecule has 3 rings (SSSR count). The van der Waals surface area contributed by atoms with Crippen LogP contribution in [0.15, 0.2) is 35.6 Å². The number of amides is 1. The van der Waals surface area contributed by atoms with Gasteiger partial charge in [-0.05, 0) is 25.5 Å². The molecule has 0 aromatic carbocycles. The highest BCUT2D eigenvalue weighted by Crippen LogP contribution is 2.07. The van der Waals surface area contributed by atoms with Crippen molar-refractivity contribution < 1.29 is 4.79 Å². The fraction of sp³-hybridized carbons (Fsp3) is 0.214. The van der Waals surface area contributed by atoms with E-state index in [2.05, 4.69) is 25.4 Å². The number of nitrogens with one attached hydrogen (secondary N) is 2. The Labute approximate surface area is 125 Å². The zero-order valence-corrected chi connectivity index (χ0v) is 11.9. The van der Waals surface area contributed by atoms with Crippen LogP contribution in [0.1, 0.15) is 17.7 Å². The van der Waals surface area contributed by atoms with Crippen molar-refractivity contribution in [1.82, 2.24) is 24.6 Å². The number of hydrogen-bond donors (Lipinski definition) is 2. The summed E-state index contributed by atoms with van der Waals surface area (Å²) in [6.45, 7) is 1.74. The number of carbonyl (C=O) groups excluding carboxylic acids is 1. The standard InChI is InChI=1S/C14H14N6O2/c1-9-11(13(22)20-14(18-9)16-8-17-20)4-5-12(21)19-10-3-2-6-15-7-10/h2-3,6-8H,4-5H2,1H3,(H,19,21)(H,16,17,18). The molecule has 0 fully saturated rings. The van der Waals surface area contributed by atoms with Crippen LogP contribution in [0.4, 0.5) is 5.69 Å². The molecular weight excluding hydrogens is 284 g/mol. The molecular formula is C14H14N6O2. The van der Waals surface area contributed by atoms with Gasteiger partial charge in [-0.25, -0.2) is 9.97 Å². The number of rotatable bonds is 4. The molecule has 3 aromatic rings. The van der Waals surface area contributed by atoms with E-state index in [0.29, 0.717) is 29.1 Å². The average Bonchev–Trinajstić information content (AvgIpc) is 2.96. The minimum Gasteiger partial charge on any atom is -0.325 e. The number of anilines is 1. The molecule has 0 saturated carbocycles. The predicted molar refractivity (Wildman–Crippen MR) is 79.5 cm³/mol. The maximum Gasteiger partial charge on any atom is 0.277 e. The summed E-state index contributed by atoms with van der Waals surface area (Å²) in [6.07, 6.45) is 5.10. The topological polar surface area (TPSA) is 105 Å². The van der Waals surface area contributed by atoms with Crippen LogP contribution in [-0.4, -0.2) is 30.5 Å². The van der Waals surface area contributed by atoms with Gasteiger partial charge in [0.15, 0.2) is 0 Å². The van der Waals surface area contributed by atoms with Gasteiger partial charge < -0.3 is 5.32 Å². The number of aryl methyl sites for hydroxylation is 1. The van der Waals surface area contributed by atoms with E-state index in [1.807, 2.05) is 0 Å². The normalized spacial score (nSPS) is 10.8. The maximum absolute atomic E-state index is 12.3. The highest BCUT2D eigenvalue weighted by molar-refractivity contribution is 5.90. The Morgan fingerprint density at radius 1 is 1.45 bits per heavy atom. The second-order valence-corrected chi connectivity index (χ2v) is 4.79. The van der Waals surface area contributed by atoms with Gasteiger partial charge in [0, 0.05) is 18.2 Å². The van der Waals surface area contributed by atoms with E-state index in [4.69, 9.17) is 0 Å². The van der Waals surface area contributed by atoms with Gasteiger partial charge in [-0.1, -0.05) is 0 Å². The Bertz CT molecular complexity index is 868. The van der Waals surface area contributed by atoms with Crippen molar-refractivity contribution >= 4 is 17.4 Å². The number of aromatic nitrogens is 5. The lowest BCUT2D eigenvalue weighted by atomic mass is 10.1. The van der Waals surface area contributed by atoms with Crippen LogP contribution in [0.3, 0.4) is 0 Å². The van der Waals surface area contributed by atoms with Crippen molar-refractivity contribution in [2.45, 2.75) is 19.8 Å². The first-order valence-electron chi connectivity index (χ1n) is 6.76. The van der Waals surface area contributed by atoms with Crippen molar-refractivity contribution in [2.24, 2.45) is 0 Å². The van der Waals surface area contributed by atoms with E-state index in [-0.39, 0.29) is 17.9 Å². The Morgan fingerprint density at radius 2 is 2.32 bits per heavy atom. The highest BCUT2D eigenvalue weighted by atomic mass is 16.1. The maximum atomic E-state index is 12.3. The third kappa shape index (κ3) is 2.71. The van der Waals surface area contributed by atoms with Crippen LogP contribution in [-0.2, 0) is 11.2 Å². The molecule has 0 unspecified atom stereocenters. The first kappa shape index (κ1) is 13.9. The largest absolute Gasteiger partial charge is 0.325 e. The summed E-state index contributed by atoms with van der Waals surface area (Å²) in [7, 11) is 0. The summed E-state index contributed by atoms with van der Waals surface area (Å²) in [5.74, 6) is 0.146. The van der Waals surface area contributed by atoms with Crippen LogP contribution in [0.2, 0.25) is 0 Å². The predicted octanol–water partition coefficient (Wildman–Crippen LogP) is 0.692. The van der Waals surface area contributed by atoms with E-state index in [1.165, 1.54) is 10.8 Å². The molecule has 2 N–H and O–H groups in total. The average molecular weight is 298 g/mol. The van der Waals surface area contributed by atoms with Gasteiger partial charge in [-0.2, -0.15) is 4.52 Å². The molecule has 3 heterocycles. The van der Waals surface area contributed by atoms with Crippen LogP contribution >= 0.6 is 0 Å². The second kappa shape index (κ2) is 5.76. The molecule has 0 saturated heterocycles. The summed E-state index contributed by atoms with van der Waals surface area (Å²) in [5.41, 5.74) is 1.49. The van der Waals surface area contributed by atoms with Crippen molar-refractivity contribution in [2.75, 3.05) is 5.32 Å². The van der Waals surface area contributed by atoms with Crippen molar-refractivity contribution in [3.63, 3.8) is 0 Å². The van der Waals surface area contributed by atoms with Crippen LogP contribution in [0.5, 0.6) is 0 Å². The van der Waals surface area contributed by atoms with Gasteiger partial charge in [0.25, 0.3) is 11.3 Å².